The largest absolute Gasteiger partial charge is 0.388 e. The van der Waals surface area contributed by atoms with E-state index in [1.54, 1.807) is 0 Å². The molecular formula is C26H37FI2N6O4. The Bertz CT molecular complexity index is 1070. The quantitative estimate of drug-likeness (QED) is 0.318. The molecule has 3 N–H and O–H groups in total. The summed E-state index contributed by atoms with van der Waals surface area (Å²) >= 11 is 4.41. The number of rotatable bonds is 3. The predicted molar refractivity (Wildman–Crippen MR) is 166 cm³/mol. The third kappa shape index (κ3) is 9.46. The topological polar surface area (TPSA) is 106 Å². The first-order valence-electron chi connectivity index (χ1n) is 13.1. The molecule has 0 bridgehead atoms. The number of nitrogens with zero attached hydrogens (tertiary/aromatic N) is 5. The monoisotopic (exact) mass is 770 g/mol. The van der Waals surface area contributed by atoms with Crippen LogP contribution in [-0.2, 0) is 9.47 Å². The SMILES string of the molecule is CC1(O)CN(c2cc(I)cc(N3CCOCC3)n2)C1.CC1(O)CNC1.Fc1cc(I)cc(N2CCOCC2)n1. The summed E-state index contributed by atoms with van der Waals surface area (Å²) in [7, 11) is 0. The van der Waals surface area contributed by atoms with Gasteiger partial charge in [0.25, 0.3) is 0 Å². The lowest BCUT2D eigenvalue weighted by molar-refractivity contribution is 0.00877. The van der Waals surface area contributed by atoms with E-state index in [4.69, 9.17) is 19.6 Å². The summed E-state index contributed by atoms with van der Waals surface area (Å²) < 4.78 is 25.6. The van der Waals surface area contributed by atoms with Gasteiger partial charge in [0.2, 0.25) is 5.95 Å². The van der Waals surface area contributed by atoms with Crippen molar-refractivity contribution in [1.82, 2.24) is 15.3 Å². The van der Waals surface area contributed by atoms with Gasteiger partial charge in [-0.3, -0.25) is 0 Å². The summed E-state index contributed by atoms with van der Waals surface area (Å²) in [6.45, 7) is 12.8. The van der Waals surface area contributed by atoms with Gasteiger partial charge < -0.3 is 39.7 Å². The highest BCUT2D eigenvalue weighted by atomic mass is 127. The fourth-order valence-electron chi connectivity index (χ4n) is 4.42. The maximum atomic E-state index is 13.0. The summed E-state index contributed by atoms with van der Waals surface area (Å²) in [5.74, 6) is 2.26. The molecule has 39 heavy (non-hydrogen) atoms. The number of morpholine rings is 2. The molecule has 0 aromatic carbocycles. The minimum absolute atomic E-state index is 0.389. The molecule has 2 aromatic rings. The second-order valence-corrected chi connectivity index (χ2v) is 13.1. The minimum atomic E-state index is -0.567. The smallest absolute Gasteiger partial charge is 0.215 e. The van der Waals surface area contributed by atoms with E-state index in [2.05, 4.69) is 77.4 Å². The molecule has 0 amide bonds. The molecular weight excluding hydrogens is 733 g/mol. The number of halogens is 3. The molecule has 4 aliphatic heterocycles. The number of β-amino-alcohol motifs (C(OH)–C–C–N with tert-alkyl or cyclic N) is 2. The molecule has 2 aromatic heterocycles. The van der Waals surface area contributed by atoms with Gasteiger partial charge in [0.1, 0.15) is 17.5 Å². The van der Waals surface area contributed by atoms with Crippen molar-refractivity contribution >= 4 is 62.6 Å². The number of hydrogen-bond acceptors (Lipinski definition) is 10. The molecule has 0 saturated carbocycles. The Hall–Kier alpha value is -1.11. The van der Waals surface area contributed by atoms with Crippen molar-refractivity contribution in [2.45, 2.75) is 25.0 Å². The zero-order valence-corrected chi connectivity index (χ0v) is 26.7. The Balaban J connectivity index is 0.000000154. The summed E-state index contributed by atoms with van der Waals surface area (Å²) in [6.07, 6.45) is 0. The molecule has 13 heteroatoms. The second-order valence-electron chi connectivity index (χ2n) is 10.6. The minimum Gasteiger partial charge on any atom is -0.388 e. The van der Waals surface area contributed by atoms with Crippen molar-refractivity contribution in [3.8, 4) is 0 Å². The molecule has 6 rings (SSSR count). The Morgan fingerprint density at radius 1 is 0.744 bits per heavy atom. The van der Waals surface area contributed by atoms with E-state index in [0.29, 0.717) is 32.1 Å². The third-order valence-electron chi connectivity index (χ3n) is 6.58. The molecule has 4 aliphatic rings. The van der Waals surface area contributed by atoms with Crippen molar-refractivity contribution < 1.29 is 24.1 Å². The number of nitrogens with one attached hydrogen (secondary N) is 1. The maximum absolute atomic E-state index is 13.0. The Morgan fingerprint density at radius 2 is 1.15 bits per heavy atom. The van der Waals surface area contributed by atoms with E-state index in [0.717, 1.165) is 67.7 Å². The van der Waals surface area contributed by atoms with Crippen LogP contribution in [-0.4, -0.2) is 110 Å². The molecule has 4 fully saturated rings. The first kappa shape index (κ1) is 30.8. The summed E-state index contributed by atoms with van der Waals surface area (Å²) in [5, 5.41) is 21.6. The van der Waals surface area contributed by atoms with Gasteiger partial charge in [-0.15, -0.1) is 0 Å². The lowest BCUT2D eigenvalue weighted by Gasteiger charge is -2.45. The van der Waals surface area contributed by atoms with Crippen molar-refractivity contribution in [2.24, 2.45) is 0 Å². The van der Waals surface area contributed by atoms with Crippen LogP contribution in [0, 0.1) is 13.1 Å². The van der Waals surface area contributed by atoms with E-state index >= 15 is 0 Å². The molecule has 0 aliphatic carbocycles. The van der Waals surface area contributed by atoms with Crippen LogP contribution in [0.1, 0.15) is 13.8 Å². The summed E-state index contributed by atoms with van der Waals surface area (Å²) in [6, 6.07) is 7.48. The fourth-order valence-corrected chi connectivity index (χ4v) is 5.51. The van der Waals surface area contributed by atoms with Gasteiger partial charge in [0.05, 0.1) is 37.6 Å². The van der Waals surface area contributed by atoms with Gasteiger partial charge >= 0.3 is 0 Å². The molecule has 4 saturated heterocycles. The van der Waals surface area contributed by atoms with E-state index in [-0.39, 0.29) is 5.60 Å². The Kier molecular flexibility index (Phi) is 10.8. The highest BCUT2D eigenvalue weighted by Crippen LogP contribution is 2.29. The molecule has 10 nitrogen and oxygen atoms in total. The van der Waals surface area contributed by atoms with Gasteiger partial charge in [-0.1, -0.05) is 0 Å². The van der Waals surface area contributed by atoms with Crippen LogP contribution in [0.4, 0.5) is 21.8 Å². The van der Waals surface area contributed by atoms with E-state index in [9.17, 15) is 9.50 Å². The van der Waals surface area contributed by atoms with Crippen LogP contribution in [0.15, 0.2) is 24.3 Å². The Labute approximate surface area is 256 Å². The van der Waals surface area contributed by atoms with E-state index in [1.807, 2.05) is 24.8 Å². The standard InChI is InChI=1S/C13H18IN3O2.C9H10FIN2O.C4H9NO/c1-13(18)8-17(9-13)12-7-10(14)6-11(15-12)16-2-4-19-5-3-16;10-8-5-7(11)6-9(12-8)13-1-3-14-4-2-13;1-4(6)2-5-3-4/h6-7,18H,2-5,8-9H2,1H3;5-6H,1-4H2;5-6H,2-3H2,1H3. The van der Waals surface area contributed by atoms with Gasteiger partial charge in [-0.25, -0.2) is 9.97 Å². The Morgan fingerprint density at radius 3 is 1.54 bits per heavy atom. The third-order valence-corrected chi connectivity index (χ3v) is 7.82. The first-order valence-corrected chi connectivity index (χ1v) is 15.2. The van der Waals surface area contributed by atoms with Gasteiger partial charge in [-0.2, -0.15) is 4.39 Å². The second kappa shape index (κ2) is 13.7. The summed E-state index contributed by atoms with van der Waals surface area (Å²) in [4.78, 5) is 15.0. The first-order chi connectivity index (χ1) is 18.5. The van der Waals surface area contributed by atoms with Crippen LogP contribution in [0.2, 0.25) is 0 Å². The number of hydrogen-bond donors (Lipinski definition) is 3. The van der Waals surface area contributed by atoms with Crippen LogP contribution in [0.5, 0.6) is 0 Å². The number of anilines is 3. The van der Waals surface area contributed by atoms with Crippen molar-refractivity contribution in [2.75, 3.05) is 93.5 Å². The van der Waals surface area contributed by atoms with Crippen LogP contribution in [0.25, 0.3) is 0 Å². The van der Waals surface area contributed by atoms with Gasteiger partial charge in [-0.05, 0) is 77.2 Å². The molecule has 0 spiro atoms. The number of ether oxygens (including phenoxy) is 2. The maximum Gasteiger partial charge on any atom is 0.215 e. The molecule has 0 atom stereocenters. The van der Waals surface area contributed by atoms with Gasteiger partial charge in [0, 0.05) is 65.6 Å². The average Bonchev–Trinajstić information content (AvgIpc) is 2.87. The van der Waals surface area contributed by atoms with E-state index < -0.39 is 11.5 Å². The van der Waals surface area contributed by atoms with Crippen LogP contribution in [0.3, 0.4) is 0 Å². The average molecular weight is 770 g/mol. The predicted octanol–water partition coefficient (Wildman–Crippen LogP) is 2.10. The van der Waals surface area contributed by atoms with Crippen molar-refractivity contribution in [3.63, 3.8) is 0 Å². The van der Waals surface area contributed by atoms with Crippen LogP contribution >= 0.6 is 45.2 Å². The number of pyridine rings is 2. The van der Waals surface area contributed by atoms with E-state index in [1.165, 1.54) is 9.64 Å². The molecule has 216 valence electrons. The van der Waals surface area contributed by atoms with Crippen molar-refractivity contribution in [1.29, 1.82) is 0 Å². The highest BCUT2D eigenvalue weighted by Gasteiger charge is 2.37. The molecule has 0 unspecified atom stereocenters. The number of aromatic nitrogens is 2. The van der Waals surface area contributed by atoms with Gasteiger partial charge in [0.15, 0.2) is 0 Å². The lowest BCUT2D eigenvalue weighted by Crippen LogP contribution is -2.60. The summed E-state index contributed by atoms with van der Waals surface area (Å²) in [5.41, 5.74) is -0.956. The molecule has 6 heterocycles. The normalized spacial score (nSPS) is 21.5. The zero-order valence-electron chi connectivity index (χ0n) is 22.4. The lowest BCUT2D eigenvalue weighted by atomic mass is 9.97. The zero-order chi connectivity index (χ0) is 28.0. The highest BCUT2D eigenvalue weighted by molar-refractivity contribution is 14.1. The van der Waals surface area contributed by atoms with Crippen LogP contribution < -0.4 is 20.0 Å². The fraction of sp³-hybridized carbons (Fsp3) is 0.615. The molecule has 0 radical (unpaired) electrons. The number of aliphatic hydroxyl groups is 2. The van der Waals surface area contributed by atoms with Crippen molar-refractivity contribution in [3.05, 3.63) is 37.4 Å².